The number of allylic oxidation sites excluding steroid dienone is 2. The fourth-order valence-corrected chi connectivity index (χ4v) is 8.43. The Morgan fingerprint density at radius 1 is 1.17 bits per heavy atom. The predicted molar refractivity (Wildman–Crippen MR) is 126 cm³/mol. The second-order valence-corrected chi connectivity index (χ2v) is 11.7. The van der Waals surface area contributed by atoms with Crippen LogP contribution in [0.1, 0.15) is 71.3 Å². The summed E-state index contributed by atoms with van der Waals surface area (Å²) in [5.74, 6) is 0.973. The number of carbonyl (C=O) groups excluding carboxylic acids is 2. The molecule has 2 amide bonds. The molecule has 5 rings (SSSR count). The summed E-state index contributed by atoms with van der Waals surface area (Å²) in [5.41, 5.74) is 1.45. The second-order valence-electron chi connectivity index (χ2n) is 11.7. The van der Waals surface area contributed by atoms with Gasteiger partial charge in [-0.15, -0.1) is 0 Å². The van der Waals surface area contributed by atoms with Crippen LogP contribution in [0.15, 0.2) is 29.6 Å². The number of carbonyl (C=O) groups is 2. The van der Waals surface area contributed by atoms with E-state index in [1.807, 2.05) is 11.9 Å². The van der Waals surface area contributed by atoms with E-state index in [0.29, 0.717) is 24.2 Å². The van der Waals surface area contributed by atoms with E-state index in [4.69, 9.17) is 0 Å². The lowest BCUT2D eigenvalue weighted by atomic mass is 9.48. The van der Waals surface area contributed by atoms with Crippen molar-refractivity contribution in [3.05, 3.63) is 35.2 Å². The van der Waals surface area contributed by atoms with Gasteiger partial charge in [0.05, 0.1) is 5.56 Å². The highest BCUT2D eigenvalue weighted by molar-refractivity contribution is 5.92. The highest BCUT2D eigenvalue weighted by atomic mass is 19.4. The predicted octanol–water partition coefficient (Wildman–Crippen LogP) is 6.03. The molecule has 3 fully saturated rings. The summed E-state index contributed by atoms with van der Waals surface area (Å²) >= 11 is 0. The molecular formula is C27H34F3N3O2. The molecule has 4 aliphatic rings. The fourth-order valence-electron chi connectivity index (χ4n) is 8.43. The van der Waals surface area contributed by atoms with Gasteiger partial charge in [-0.1, -0.05) is 19.4 Å². The molecule has 0 spiro atoms. The van der Waals surface area contributed by atoms with Crippen molar-refractivity contribution in [2.24, 2.45) is 34.5 Å². The summed E-state index contributed by atoms with van der Waals surface area (Å²) in [6.07, 6.45) is 2.58. The maximum Gasteiger partial charge on any atom is 0.416 e. The Bertz CT molecular complexity index is 1100. The topological polar surface area (TPSA) is 62.3 Å². The Morgan fingerprint density at radius 3 is 2.63 bits per heavy atom. The third kappa shape index (κ3) is 3.70. The monoisotopic (exact) mass is 489 g/mol. The molecule has 0 bridgehead atoms. The van der Waals surface area contributed by atoms with Crippen LogP contribution in [-0.2, 0) is 15.8 Å². The number of amides is 2. The van der Waals surface area contributed by atoms with Gasteiger partial charge in [0.15, 0.2) is 0 Å². The van der Waals surface area contributed by atoms with E-state index in [1.54, 1.807) is 0 Å². The molecule has 35 heavy (non-hydrogen) atoms. The van der Waals surface area contributed by atoms with Crippen LogP contribution in [0.5, 0.6) is 0 Å². The number of nitrogens with zero attached hydrogens (tertiary/aromatic N) is 2. The summed E-state index contributed by atoms with van der Waals surface area (Å²) in [6, 6.07) is 1.82. The van der Waals surface area contributed by atoms with Crippen molar-refractivity contribution in [2.75, 3.05) is 12.4 Å². The quantitative estimate of drug-likeness (QED) is 0.551. The Hall–Kier alpha value is -2.38. The lowest BCUT2D eigenvalue weighted by Crippen LogP contribution is -2.54. The van der Waals surface area contributed by atoms with Crippen LogP contribution in [0.3, 0.4) is 0 Å². The number of hydrogen-bond acceptors (Lipinski definition) is 3. The minimum absolute atomic E-state index is 0.0285. The van der Waals surface area contributed by atoms with E-state index in [9.17, 15) is 22.8 Å². The summed E-state index contributed by atoms with van der Waals surface area (Å²) in [5, 5.41) is 2.70. The molecule has 3 aliphatic carbocycles. The minimum Gasteiger partial charge on any atom is -0.319 e. The van der Waals surface area contributed by atoms with Gasteiger partial charge in [-0.3, -0.25) is 9.59 Å². The number of aromatic nitrogens is 1. The molecule has 2 heterocycles. The zero-order valence-electron chi connectivity index (χ0n) is 20.8. The van der Waals surface area contributed by atoms with Crippen molar-refractivity contribution in [1.29, 1.82) is 0 Å². The number of halogens is 3. The normalized spacial score (nSPS) is 37.0. The highest BCUT2D eigenvalue weighted by Crippen LogP contribution is 2.66. The molecule has 8 heteroatoms. The molecule has 1 saturated heterocycles. The highest BCUT2D eigenvalue weighted by Gasteiger charge is 2.61. The van der Waals surface area contributed by atoms with Crippen molar-refractivity contribution >= 4 is 17.6 Å². The van der Waals surface area contributed by atoms with Gasteiger partial charge in [0.1, 0.15) is 5.82 Å². The van der Waals surface area contributed by atoms with Crippen molar-refractivity contribution in [3.8, 4) is 0 Å². The molecule has 5 nitrogen and oxygen atoms in total. The van der Waals surface area contributed by atoms with Crippen LogP contribution in [0, 0.1) is 34.5 Å². The van der Waals surface area contributed by atoms with Crippen LogP contribution in [0.4, 0.5) is 19.0 Å². The molecule has 1 aromatic rings. The molecule has 0 radical (unpaired) electrons. The third-order valence-corrected chi connectivity index (χ3v) is 9.97. The summed E-state index contributed by atoms with van der Waals surface area (Å²) in [6.45, 7) is 6.69. The molecule has 0 aromatic carbocycles. The van der Waals surface area contributed by atoms with Crippen molar-refractivity contribution in [3.63, 3.8) is 0 Å². The van der Waals surface area contributed by atoms with Gasteiger partial charge >= 0.3 is 6.18 Å². The van der Waals surface area contributed by atoms with Crippen LogP contribution in [0.25, 0.3) is 0 Å². The number of fused-ring (bicyclic) bond motifs is 5. The SMILES string of the molecule is CC1=C2N(C)C(=O)CC[C@]2(C)[C@H]2CC[C@]3(C)[C@@H](C(=O)Nc4cc(C(F)(F)F)ccn4)CC[C@H]3[C@@H]2C1. The Labute approximate surface area is 204 Å². The Morgan fingerprint density at radius 2 is 1.91 bits per heavy atom. The third-order valence-electron chi connectivity index (χ3n) is 9.97. The van der Waals surface area contributed by atoms with E-state index in [1.165, 1.54) is 11.3 Å². The van der Waals surface area contributed by atoms with Gasteiger partial charge in [0.2, 0.25) is 11.8 Å². The van der Waals surface area contributed by atoms with Crippen LogP contribution in [-0.4, -0.2) is 28.7 Å². The first-order chi connectivity index (χ1) is 16.4. The zero-order valence-corrected chi connectivity index (χ0v) is 20.8. The van der Waals surface area contributed by atoms with Gasteiger partial charge in [-0.05, 0) is 80.8 Å². The molecule has 1 N–H and O–H groups in total. The smallest absolute Gasteiger partial charge is 0.319 e. The lowest BCUT2D eigenvalue weighted by molar-refractivity contribution is -0.137. The van der Waals surface area contributed by atoms with Crippen molar-refractivity contribution in [2.45, 2.75) is 71.9 Å². The van der Waals surface area contributed by atoms with Crippen LogP contribution >= 0.6 is 0 Å². The Balaban J connectivity index is 1.39. The minimum atomic E-state index is -4.48. The number of piperidine rings is 1. The van der Waals surface area contributed by atoms with Gasteiger partial charge in [-0.2, -0.15) is 13.2 Å². The van der Waals surface area contributed by atoms with Gasteiger partial charge in [-0.25, -0.2) is 4.98 Å². The standard InChI is InChI=1S/C27H34F3N3O2/c1-15-13-17-18-5-6-20(24(35)32-21-14-16(9-12-31-21)27(28,29)30)25(18,2)10-7-19(17)26(3)11-8-22(34)33(4)23(15)26/h9,12,14,17-20H,5-8,10-11,13H2,1-4H3,(H,31,32,35)/t17-,18-,19-,20+,25-,26+/m0/s1. The number of pyridine rings is 1. The van der Waals surface area contributed by atoms with Gasteiger partial charge < -0.3 is 10.2 Å². The van der Waals surface area contributed by atoms with Crippen LogP contribution in [0.2, 0.25) is 0 Å². The van der Waals surface area contributed by atoms with Crippen LogP contribution < -0.4 is 5.32 Å². The lowest BCUT2D eigenvalue weighted by Gasteiger charge is -2.59. The second kappa shape index (κ2) is 8.07. The number of rotatable bonds is 2. The van der Waals surface area contributed by atoms with E-state index in [0.717, 1.165) is 56.9 Å². The molecule has 1 aliphatic heterocycles. The zero-order chi connectivity index (χ0) is 25.3. The first-order valence-electron chi connectivity index (χ1n) is 12.7. The van der Waals surface area contributed by atoms with E-state index in [2.05, 4.69) is 31.1 Å². The average Bonchev–Trinajstić information content (AvgIpc) is 3.14. The molecule has 2 saturated carbocycles. The maximum atomic E-state index is 13.3. The van der Waals surface area contributed by atoms with Crippen molar-refractivity contribution in [1.82, 2.24) is 9.88 Å². The summed E-state index contributed by atoms with van der Waals surface area (Å²) < 4.78 is 39.3. The Kier molecular flexibility index (Phi) is 5.61. The number of nitrogens with one attached hydrogen (secondary N) is 1. The first kappa shape index (κ1) is 24.3. The number of hydrogen-bond donors (Lipinski definition) is 1. The molecular weight excluding hydrogens is 455 g/mol. The molecule has 190 valence electrons. The molecule has 1 aromatic heterocycles. The summed E-state index contributed by atoms with van der Waals surface area (Å²) in [7, 11) is 1.91. The van der Waals surface area contributed by atoms with E-state index in [-0.39, 0.29) is 34.4 Å². The van der Waals surface area contributed by atoms with E-state index >= 15 is 0 Å². The number of likely N-dealkylation sites (tertiary alicyclic amines) is 1. The first-order valence-corrected chi connectivity index (χ1v) is 12.7. The van der Waals surface area contributed by atoms with Gasteiger partial charge in [0.25, 0.3) is 0 Å². The molecule has 0 unspecified atom stereocenters. The number of alkyl halides is 3. The maximum absolute atomic E-state index is 13.3. The number of anilines is 1. The average molecular weight is 490 g/mol. The summed E-state index contributed by atoms with van der Waals surface area (Å²) in [4.78, 5) is 31.6. The largest absolute Gasteiger partial charge is 0.416 e. The van der Waals surface area contributed by atoms with Crippen molar-refractivity contribution < 1.29 is 22.8 Å². The fraction of sp³-hybridized carbons (Fsp3) is 0.667. The molecule has 6 atom stereocenters. The van der Waals surface area contributed by atoms with Gasteiger partial charge in [0, 0.05) is 36.7 Å². The van der Waals surface area contributed by atoms with E-state index < -0.39 is 11.7 Å².